The number of nitrogens with two attached hydrogens (primary N) is 1. The number of rotatable bonds is 4. The molecule has 0 atom stereocenters. The Morgan fingerprint density at radius 2 is 2.12 bits per heavy atom. The fourth-order valence-corrected chi connectivity index (χ4v) is 1.13. The minimum atomic E-state index is -0.592. The molecule has 0 radical (unpaired) electrons. The normalized spacial score (nSPS) is 10.1. The average Bonchev–Trinajstić information content (AvgIpc) is 2.28. The lowest BCUT2D eigenvalue weighted by atomic mass is 10.1. The number of nitro benzene ring substituents is 1. The number of hydrogen-bond acceptors (Lipinski definition) is 5. The topological polar surface area (TPSA) is 111 Å². The maximum atomic E-state index is 10.6. The highest BCUT2D eigenvalue weighted by molar-refractivity contribution is 7.80. The van der Waals surface area contributed by atoms with E-state index in [2.05, 4.69) is 22.7 Å². The van der Waals surface area contributed by atoms with Gasteiger partial charge in [0.05, 0.1) is 11.1 Å². The zero-order valence-corrected chi connectivity index (χ0v) is 9.31. The number of carbonyl (C=O) groups is 1. The number of nitrogens with one attached hydrogen (secondary N) is 1. The van der Waals surface area contributed by atoms with E-state index in [0.29, 0.717) is 11.8 Å². The van der Waals surface area contributed by atoms with E-state index in [4.69, 9.17) is 5.73 Å². The van der Waals surface area contributed by atoms with Crippen LogP contribution in [0.3, 0.4) is 0 Å². The van der Waals surface area contributed by atoms with Crippen LogP contribution in [0.15, 0.2) is 23.3 Å². The molecule has 88 valence electrons. The summed E-state index contributed by atoms with van der Waals surface area (Å²) in [4.78, 5) is 20.6. The van der Waals surface area contributed by atoms with Crippen molar-refractivity contribution < 1.29 is 9.72 Å². The van der Waals surface area contributed by atoms with Crippen LogP contribution in [-0.4, -0.2) is 22.5 Å². The molecule has 0 aliphatic carbocycles. The first-order valence-electron chi connectivity index (χ1n) is 4.36. The number of nitro groups is 1. The summed E-state index contributed by atoms with van der Waals surface area (Å²) in [5.74, 6) is 0. The van der Waals surface area contributed by atoms with Crippen molar-refractivity contribution in [1.82, 2.24) is 5.43 Å². The van der Waals surface area contributed by atoms with Crippen LogP contribution < -0.4 is 11.2 Å². The van der Waals surface area contributed by atoms with Gasteiger partial charge in [-0.2, -0.15) is 5.10 Å². The van der Waals surface area contributed by atoms with Gasteiger partial charge in [0.25, 0.3) is 5.69 Å². The van der Waals surface area contributed by atoms with Crippen molar-refractivity contribution in [1.29, 1.82) is 0 Å². The van der Waals surface area contributed by atoms with Gasteiger partial charge in [0, 0.05) is 23.3 Å². The van der Waals surface area contributed by atoms with E-state index in [9.17, 15) is 14.9 Å². The lowest BCUT2D eigenvalue weighted by Crippen LogP contribution is -2.24. The third kappa shape index (κ3) is 3.95. The number of carbonyl (C=O) groups excluding carboxylic acids is 1. The van der Waals surface area contributed by atoms with Gasteiger partial charge in [0.15, 0.2) is 5.11 Å². The number of hydrazone groups is 1. The Bertz CT molecular complexity index is 501. The van der Waals surface area contributed by atoms with E-state index in [1.807, 2.05) is 0 Å². The van der Waals surface area contributed by atoms with E-state index < -0.39 is 4.92 Å². The quantitative estimate of drug-likeness (QED) is 0.266. The molecule has 17 heavy (non-hydrogen) atoms. The standard InChI is InChI=1S/C9H8N4O3S/c10-9(17)12-11-4-6-1-7(5-14)3-8(2-6)13(15)16/h1-5H,(H3,10,12,17). The van der Waals surface area contributed by atoms with Crippen molar-refractivity contribution in [2.45, 2.75) is 0 Å². The molecule has 0 saturated carbocycles. The number of non-ortho nitro benzene ring substituents is 1. The van der Waals surface area contributed by atoms with E-state index >= 15 is 0 Å². The first kappa shape index (κ1) is 12.7. The Morgan fingerprint density at radius 3 is 2.65 bits per heavy atom. The summed E-state index contributed by atoms with van der Waals surface area (Å²) >= 11 is 4.52. The first-order valence-corrected chi connectivity index (χ1v) is 4.77. The molecular formula is C9H8N4O3S. The van der Waals surface area contributed by atoms with Crippen LogP contribution in [0, 0.1) is 10.1 Å². The number of hydrogen-bond donors (Lipinski definition) is 2. The van der Waals surface area contributed by atoms with Crippen molar-refractivity contribution in [3.63, 3.8) is 0 Å². The zero-order valence-electron chi connectivity index (χ0n) is 8.49. The van der Waals surface area contributed by atoms with Gasteiger partial charge in [-0.05, 0) is 18.3 Å². The van der Waals surface area contributed by atoms with Gasteiger partial charge in [0.2, 0.25) is 0 Å². The Kier molecular flexibility index (Phi) is 4.23. The van der Waals surface area contributed by atoms with Crippen molar-refractivity contribution >= 4 is 35.5 Å². The van der Waals surface area contributed by atoms with Crippen molar-refractivity contribution in [3.05, 3.63) is 39.4 Å². The molecule has 0 unspecified atom stereocenters. The van der Waals surface area contributed by atoms with Crippen molar-refractivity contribution in [2.24, 2.45) is 10.8 Å². The van der Waals surface area contributed by atoms with Crippen LogP contribution in [0.5, 0.6) is 0 Å². The van der Waals surface area contributed by atoms with Gasteiger partial charge in [-0.25, -0.2) is 0 Å². The largest absolute Gasteiger partial charge is 0.375 e. The molecule has 0 fully saturated rings. The molecule has 0 spiro atoms. The molecule has 1 aromatic carbocycles. The maximum absolute atomic E-state index is 10.6. The molecule has 0 heterocycles. The number of benzene rings is 1. The minimum Gasteiger partial charge on any atom is -0.375 e. The SMILES string of the molecule is NC(=S)NN=Cc1cc(C=O)cc([N+](=O)[O-])c1. The number of thiocarbonyl (C=S) groups is 1. The second-order valence-corrected chi connectivity index (χ2v) is 3.41. The van der Waals surface area contributed by atoms with E-state index in [-0.39, 0.29) is 16.4 Å². The summed E-state index contributed by atoms with van der Waals surface area (Å²) in [5.41, 5.74) is 7.83. The molecule has 1 aromatic rings. The predicted octanol–water partition coefficient (Wildman–Crippen LogP) is 0.574. The highest BCUT2D eigenvalue weighted by Gasteiger charge is 2.08. The summed E-state index contributed by atoms with van der Waals surface area (Å²) in [6, 6.07) is 3.90. The summed E-state index contributed by atoms with van der Waals surface area (Å²) in [6.07, 6.45) is 1.80. The average molecular weight is 252 g/mol. The Morgan fingerprint density at radius 1 is 1.47 bits per heavy atom. The molecule has 0 aliphatic heterocycles. The van der Waals surface area contributed by atoms with Crippen molar-refractivity contribution in [2.75, 3.05) is 0 Å². The predicted molar refractivity (Wildman–Crippen MR) is 66.0 cm³/mol. The minimum absolute atomic E-state index is 0.0257. The van der Waals surface area contributed by atoms with Crippen LogP contribution >= 0.6 is 12.2 Å². The Labute approximate surface area is 101 Å². The number of nitrogens with zero attached hydrogens (tertiary/aromatic N) is 2. The Hall–Kier alpha value is -2.35. The summed E-state index contributed by atoms with van der Waals surface area (Å²) in [6.45, 7) is 0. The second kappa shape index (κ2) is 5.66. The maximum Gasteiger partial charge on any atom is 0.270 e. The van der Waals surface area contributed by atoms with Gasteiger partial charge in [-0.15, -0.1) is 0 Å². The molecule has 0 saturated heterocycles. The van der Waals surface area contributed by atoms with Crippen LogP contribution in [-0.2, 0) is 0 Å². The monoisotopic (exact) mass is 252 g/mol. The summed E-state index contributed by atoms with van der Waals surface area (Å²) < 4.78 is 0. The molecule has 0 aromatic heterocycles. The fourth-order valence-electron chi connectivity index (χ4n) is 1.08. The number of aldehydes is 1. The van der Waals surface area contributed by atoms with Crippen LogP contribution in [0.1, 0.15) is 15.9 Å². The van der Waals surface area contributed by atoms with Crippen LogP contribution in [0.4, 0.5) is 5.69 Å². The van der Waals surface area contributed by atoms with Gasteiger partial charge in [0.1, 0.15) is 6.29 Å². The molecule has 7 nitrogen and oxygen atoms in total. The van der Waals surface area contributed by atoms with E-state index in [1.54, 1.807) is 0 Å². The van der Waals surface area contributed by atoms with Crippen molar-refractivity contribution in [3.8, 4) is 0 Å². The molecule has 3 N–H and O–H groups in total. The highest BCUT2D eigenvalue weighted by Crippen LogP contribution is 2.14. The van der Waals surface area contributed by atoms with Gasteiger partial charge in [-0.1, -0.05) is 0 Å². The molecular weight excluding hydrogens is 244 g/mol. The summed E-state index contributed by atoms with van der Waals surface area (Å²) in [7, 11) is 0. The Balaban J connectivity index is 3.02. The van der Waals surface area contributed by atoms with Gasteiger partial charge < -0.3 is 5.73 Å². The molecule has 0 bridgehead atoms. The highest BCUT2D eigenvalue weighted by atomic mass is 32.1. The summed E-state index contributed by atoms with van der Waals surface area (Å²) in [5, 5.41) is 14.2. The smallest absolute Gasteiger partial charge is 0.270 e. The molecule has 8 heteroatoms. The molecule has 1 rings (SSSR count). The van der Waals surface area contributed by atoms with E-state index in [1.165, 1.54) is 24.4 Å². The molecule has 0 aliphatic rings. The van der Waals surface area contributed by atoms with Gasteiger partial charge >= 0.3 is 0 Å². The van der Waals surface area contributed by atoms with Gasteiger partial charge in [-0.3, -0.25) is 20.3 Å². The lowest BCUT2D eigenvalue weighted by Gasteiger charge is -1.97. The first-order chi connectivity index (χ1) is 8.02. The van der Waals surface area contributed by atoms with Crippen LogP contribution in [0.25, 0.3) is 0 Å². The lowest BCUT2D eigenvalue weighted by molar-refractivity contribution is -0.384. The third-order valence-electron chi connectivity index (χ3n) is 1.70. The third-order valence-corrected chi connectivity index (χ3v) is 1.79. The second-order valence-electron chi connectivity index (χ2n) is 2.97. The molecule has 0 amide bonds. The zero-order chi connectivity index (χ0) is 12.8. The fraction of sp³-hybridized carbons (Fsp3) is 0. The van der Waals surface area contributed by atoms with E-state index in [0.717, 1.165) is 0 Å². The van der Waals surface area contributed by atoms with Crippen LogP contribution in [0.2, 0.25) is 0 Å².